The molecule has 0 bridgehead atoms. The van der Waals surface area contributed by atoms with Crippen LogP contribution in [-0.2, 0) is 0 Å². The third-order valence-corrected chi connectivity index (χ3v) is 6.59. The molecule has 2 heteroatoms. The third-order valence-electron chi connectivity index (χ3n) is 6.59. The monoisotopic (exact) mass is 322 g/mol. The lowest BCUT2D eigenvalue weighted by Crippen LogP contribution is -2.29. The molecule has 0 aliphatic carbocycles. The molecule has 2 nitrogen and oxygen atoms in total. The Morgan fingerprint density at radius 3 is 0.667 bits per heavy atom. The van der Waals surface area contributed by atoms with E-state index in [1.807, 2.05) is 0 Å². The van der Waals surface area contributed by atoms with Crippen molar-refractivity contribution in [1.82, 2.24) is 0 Å². The maximum atomic E-state index is 2.42. The van der Waals surface area contributed by atoms with Gasteiger partial charge in [-0.15, -0.1) is 0 Å². The van der Waals surface area contributed by atoms with E-state index in [-0.39, 0.29) is 0 Å². The zero-order valence-electron chi connectivity index (χ0n) is 16.9. The molecule has 0 radical (unpaired) electrons. The molecule has 2 aromatic carbocycles. The molecule has 24 heavy (non-hydrogen) atoms. The van der Waals surface area contributed by atoms with Gasteiger partial charge in [0.2, 0.25) is 0 Å². The van der Waals surface area contributed by atoms with Crippen molar-refractivity contribution in [3.8, 4) is 0 Å². The van der Waals surface area contributed by atoms with E-state index >= 15 is 0 Å². The Hall–Kier alpha value is -1.96. The van der Waals surface area contributed by atoms with Gasteiger partial charge >= 0.3 is 0 Å². The molecule has 0 spiro atoms. The molecule has 1 aliphatic heterocycles. The zero-order valence-corrected chi connectivity index (χ0v) is 16.9. The Balaban J connectivity index is 2.48. The van der Waals surface area contributed by atoms with Gasteiger partial charge in [0.1, 0.15) is 0 Å². The molecule has 1 heterocycles. The van der Waals surface area contributed by atoms with E-state index in [1.54, 1.807) is 0 Å². The van der Waals surface area contributed by atoms with Crippen molar-refractivity contribution in [2.45, 2.75) is 55.4 Å². The van der Waals surface area contributed by atoms with Crippen molar-refractivity contribution in [2.75, 3.05) is 23.9 Å². The fourth-order valence-corrected chi connectivity index (χ4v) is 4.41. The van der Waals surface area contributed by atoms with E-state index in [0.29, 0.717) is 0 Å². The van der Waals surface area contributed by atoms with E-state index in [1.165, 1.54) is 67.3 Å². The molecular weight excluding hydrogens is 292 g/mol. The van der Waals surface area contributed by atoms with Crippen LogP contribution in [0.1, 0.15) is 44.5 Å². The van der Waals surface area contributed by atoms with E-state index in [0.717, 1.165) is 0 Å². The standard InChI is InChI=1S/C22H30N2/c1-11-12(2)16(6)20-19(15(11)5)23(9)21-17(7)13(3)14(4)18(8)22(21)24(20)10/h1-10H3. The maximum Gasteiger partial charge on any atom is 0.0685 e. The average Bonchev–Trinajstić information content (AvgIpc) is 2.55. The smallest absolute Gasteiger partial charge is 0.0685 e. The largest absolute Gasteiger partial charge is 0.341 e. The molecule has 1 aliphatic rings. The average molecular weight is 322 g/mol. The van der Waals surface area contributed by atoms with Gasteiger partial charge in [0.25, 0.3) is 0 Å². The summed E-state index contributed by atoms with van der Waals surface area (Å²) in [6, 6.07) is 0. The summed E-state index contributed by atoms with van der Waals surface area (Å²) in [4.78, 5) is 4.85. The molecule has 0 N–H and O–H groups in total. The number of fused-ring (bicyclic) bond motifs is 2. The fraction of sp³-hybridized carbons (Fsp3) is 0.455. The molecule has 128 valence electrons. The van der Waals surface area contributed by atoms with Crippen LogP contribution < -0.4 is 9.80 Å². The summed E-state index contributed by atoms with van der Waals surface area (Å²) in [6.07, 6.45) is 0. The van der Waals surface area contributed by atoms with Gasteiger partial charge in [0.05, 0.1) is 22.7 Å². The van der Waals surface area contributed by atoms with E-state index < -0.39 is 0 Å². The molecule has 0 amide bonds. The highest BCUT2D eigenvalue weighted by Crippen LogP contribution is 2.54. The van der Waals surface area contributed by atoms with Crippen molar-refractivity contribution in [3.63, 3.8) is 0 Å². The highest BCUT2D eigenvalue weighted by atomic mass is 15.2. The molecule has 0 saturated carbocycles. The van der Waals surface area contributed by atoms with Crippen LogP contribution in [0.15, 0.2) is 0 Å². The van der Waals surface area contributed by atoms with Crippen LogP contribution in [0.25, 0.3) is 0 Å². The van der Waals surface area contributed by atoms with Gasteiger partial charge in [0.15, 0.2) is 0 Å². The third kappa shape index (κ3) is 1.89. The van der Waals surface area contributed by atoms with Gasteiger partial charge in [-0.3, -0.25) is 0 Å². The quantitative estimate of drug-likeness (QED) is 0.586. The number of anilines is 4. The molecule has 0 fully saturated rings. The second-order valence-electron chi connectivity index (χ2n) is 7.51. The first-order valence-electron chi connectivity index (χ1n) is 8.79. The van der Waals surface area contributed by atoms with Crippen LogP contribution in [0.3, 0.4) is 0 Å². The Morgan fingerprint density at radius 1 is 0.333 bits per heavy atom. The Morgan fingerprint density at radius 2 is 0.500 bits per heavy atom. The summed E-state index contributed by atoms with van der Waals surface area (Å²) >= 11 is 0. The fourth-order valence-electron chi connectivity index (χ4n) is 4.41. The number of hydrogen-bond donors (Lipinski definition) is 0. The molecule has 2 aromatic rings. The first-order valence-corrected chi connectivity index (χ1v) is 8.79. The predicted molar refractivity (Wildman–Crippen MR) is 107 cm³/mol. The lowest BCUT2D eigenvalue weighted by atomic mass is 9.88. The lowest BCUT2D eigenvalue weighted by molar-refractivity contribution is 1.02. The molecule has 3 rings (SSSR count). The number of rotatable bonds is 0. The topological polar surface area (TPSA) is 6.48 Å². The number of benzene rings is 2. The number of nitrogens with zero attached hydrogens (tertiary/aromatic N) is 2. The predicted octanol–water partition coefficient (Wildman–Crippen LogP) is 6.00. The van der Waals surface area contributed by atoms with Crippen LogP contribution in [0.4, 0.5) is 22.7 Å². The lowest BCUT2D eigenvalue weighted by Gasteiger charge is -2.42. The highest BCUT2D eigenvalue weighted by molar-refractivity contribution is 5.99. The highest BCUT2D eigenvalue weighted by Gasteiger charge is 2.32. The minimum atomic E-state index is 1.36. The van der Waals surface area contributed by atoms with Crippen LogP contribution in [0.2, 0.25) is 0 Å². The molecule has 0 saturated heterocycles. The van der Waals surface area contributed by atoms with Crippen molar-refractivity contribution >= 4 is 22.7 Å². The first-order chi connectivity index (χ1) is 11.1. The van der Waals surface area contributed by atoms with Gasteiger partial charge in [-0.25, -0.2) is 0 Å². The molecule has 0 unspecified atom stereocenters. The minimum Gasteiger partial charge on any atom is -0.341 e. The van der Waals surface area contributed by atoms with Crippen LogP contribution in [0, 0.1) is 55.4 Å². The molecule has 0 atom stereocenters. The van der Waals surface area contributed by atoms with Gasteiger partial charge in [-0.1, -0.05) is 0 Å². The SMILES string of the molecule is Cc1c(C)c(C)c2c(c1C)N(C)c1c(C)c(C)c(C)c(C)c1N2C. The summed E-state index contributed by atoms with van der Waals surface area (Å²) in [6.45, 7) is 18.1. The number of hydrogen-bond acceptors (Lipinski definition) is 2. The van der Waals surface area contributed by atoms with E-state index in [4.69, 9.17) is 0 Å². The molecular formula is C22H30N2. The van der Waals surface area contributed by atoms with Crippen molar-refractivity contribution < 1.29 is 0 Å². The van der Waals surface area contributed by atoms with Crippen molar-refractivity contribution in [1.29, 1.82) is 0 Å². The maximum absolute atomic E-state index is 2.42. The van der Waals surface area contributed by atoms with E-state index in [2.05, 4.69) is 79.3 Å². The van der Waals surface area contributed by atoms with Gasteiger partial charge < -0.3 is 9.80 Å². The molecule has 0 aromatic heterocycles. The van der Waals surface area contributed by atoms with Crippen LogP contribution in [0.5, 0.6) is 0 Å². The summed E-state index contributed by atoms with van der Waals surface area (Å²) in [5.41, 5.74) is 16.6. The summed E-state index contributed by atoms with van der Waals surface area (Å²) < 4.78 is 0. The summed E-state index contributed by atoms with van der Waals surface area (Å²) in [5.74, 6) is 0. The van der Waals surface area contributed by atoms with Gasteiger partial charge in [-0.05, 0) is 99.9 Å². The Bertz CT molecular complexity index is 732. The normalized spacial score (nSPS) is 13.2. The second-order valence-corrected chi connectivity index (χ2v) is 7.51. The van der Waals surface area contributed by atoms with Crippen LogP contribution >= 0.6 is 0 Å². The van der Waals surface area contributed by atoms with Crippen molar-refractivity contribution in [2.24, 2.45) is 0 Å². The van der Waals surface area contributed by atoms with Gasteiger partial charge in [0, 0.05) is 14.1 Å². The Labute approximate surface area is 147 Å². The minimum absolute atomic E-state index is 1.36. The first kappa shape index (κ1) is 16.9. The van der Waals surface area contributed by atoms with Gasteiger partial charge in [-0.2, -0.15) is 0 Å². The van der Waals surface area contributed by atoms with E-state index in [9.17, 15) is 0 Å². The Kier molecular flexibility index (Phi) is 3.71. The second kappa shape index (κ2) is 5.27. The summed E-state index contributed by atoms with van der Waals surface area (Å²) in [7, 11) is 4.46. The zero-order chi connectivity index (χ0) is 18.1. The van der Waals surface area contributed by atoms with Crippen molar-refractivity contribution in [3.05, 3.63) is 44.5 Å². The summed E-state index contributed by atoms with van der Waals surface area (Å²) in [5, 5.41) is 0. The van der Waals surface area contributed by atoms with Crippen LogP contribution in [-0.4, -0.2) is 14.1 Å².